The van der Waals surface area contributed by atoms with Crippen molar-refractivity contribution in [3.63, 3.8) is 0 Å². The lowest BCUT2D eigenvalue weighted by atomic mass is 10.1. The summed E-state index contributed by atoms with van der Waals surface area (Å²) in [5.41, 5.74) is 4.28. The van der Waals surface area contributed by atoms with Crippen LogP contribution in [0.1, 0.15) is 16.7 Å². The molecule has 3 aromatic carbocycles. The van der Waals surface area contributed by atoms with Gasteiger partial charge in [-0.15, -0.1) is 0 Å². The zero-order chi connectivity index (χ0) is 24.2. The van der Waals surface area contributed by atoms with Gasteiger partial charge in [0.1, 0.15) is 17.2 Å². The molecule has 0 unspecified atom stereocenters. The van der Waals surface area contributed by atoms with Crippen LogP contribution in [0, 0.1) is 13.8 Å². The first-order chi connectivity index (χ1) is 16.5. The summed E-state index contributed by atoms with van der Waals surface area (Å²) in [7, 11) is 4.73. The SMILES string of the molecule is COc1cc(OC)c(/C=C2\SC(=Nc3ccccc3C)N(c3ccccc3C)C2=O)c(OC)c1. The molecule has 0 aromatic heterocycles. The van der Waals surface area contributed by atoms with Crippen LogP contribution in [0.4, 0.5) is 11.4 Å². The molecule has 0 bridgehead atoms. The van der Waals surface area contributed by atoms with Crippen LogP contribution in [0.2, 0.25) is 0 Å². The van der Waals surface area contributed by atoms with Crippen LogP contribution in [0.5, 0.6) is 17.2 Å². The summed E-state index contributed by atoms with van der Waals surface area (Å²) >= 11 is 1.32. The molecule has 1 amide bonds. The summed E-state index contributed by atoms with van der Waals surface area (Å²) in [5, 5.41) is 0.589. The third-order valence-electron chi connectivity index (χ3n) is 5.52. The lowest BCUT2D eigenvalue weighted by Crippen LogP contribution is -2.29. The maximum Gasteiger partial charge on any atom is 0.271 e. The predicted octanol–water partition coefficient (Wildman–Crippen LogP) is 6.14. The van der Waals surface area contributed by atoms with Crippen molar-refractivity contribution in [3.05, 3.63) is 82.3 Å². The summed E-state index contributed by atoms with van der Waals surface area (Å²) in [6.07, 6.45) is 1.79. The number of carbonyl (C=O) groups is 1. The van der Waals surface area contributed by atoms with Gasteiger partial charge in [0.05, 0.1) is 43.2 Å². The first-order valence-electron chi connectivity index (χ1n) is 10.7. The van der Waals surface area contributed by atoms with Crippen LogP contribution in [-0.4, -0.2) is 32.4 Å². The Hall–Kier alpha value is -3.71. The molecule has 1 aliphatic rings. The average molecular weight is 475 g/mol. The van der Waals surface area contributed by atoms with E-state index < -0.39 is 0 Å². The topological polar surface area (TPSA) is 60.4 Å². The number of hydrogen-bond acceptors (Lipinski definition) is 6. The number of amides is 1. The monoisotopic (exact) mass is 474 g/mol. The molecule has 3 aromatic rings. The number of benzene rings is 3. The molecule has 1 aliphatic heterocycles. The van der Waals surface area contributed by atoms with E-state index in [0.29, 0.717) is 32.9 Å². The molecule has 0 spiro atoms. The number of rotatable bonds is 6. The van der Waals surface area contributed by atoms with Gasteiger partial charge in [0.15, 0.2) is 5.17 Å². The maximum atomic E-state index is 13.7. The highest BCUT2D eigenvalue weighted by Crippen LogP contribution is 2.42. The summed E-state index contributed by atoms with van der Waals surface area (Å²) in [6, 6.07) is 19.2. The van der Waals surface area contributed by atoms with Crippen molar-refractivity contribution in [2.45, 2.75) is 13.8 Å². The number of thioether (sulfide) groups is 1. The average Bonchev–Trinajstić information content (AvgIpc) is 3.15. The van der Waals surface area contributed by atoms with Crippen molar-refractivity contribution in [2.24, 2.45) is 4.99 Å². The van der Waals surface area contributed by atoms with Gasteiger partial charge >= 0.3 is 0 Å². The second-order valence-corrected chi connectivity index (χ2v) is 8.67. The van der Waals surface area contributed by atoms with Gasteiger partial charge in [0.2, 0.25) is 0 Å². The molecule has 34 heavy (non-hydrogen) atoms. The Bertz CT molecular complexity index is 1270. The summed E-state index contributed by atoms with van der Waals surface area (Å²) < 4.78 is 16.5. The standard InChI is InChI=1S/C27H26N2O4S/c1-17-10-6-8-12-21(17)28-27-29(22-13-9-7-11-18(22)2)26(30)25(34-27)16-20-23(32-4)14-19(31-3)15-24(20)33-5/h6-16H,1-5H3/b25-16-,28-27?. The molecule has 0 aliphatic carbocycles. The van der Waals surface area contributed by atoms with Crippen molar-refractivity contribution in [1.29, 1.82) is 0 Å². The highest BCUT2D eigenvalue weighted by atomic mass is 32.2. The van der Waals surface area contributed by atoms with Crippen LogP contribution in [0.15, 0.2) is 70.6 Å². The van der Waals surface area contributed by atoms with Crippen LogP contribution >= 0.6 is 11.8 Å². The van der Waals surface area contributed by atoms with E-state index in [1.165, 1.54) is 11.8 Å². The van der Waals surface area contributed by atoms with Gasteiger partial charge in [-0.3, -0.25) is 9.69 Å². The zero-order valence-corrected chi connectivity index (χ0v) is 20.6. The predicted molar refractivity (Wildman–Crippen MR) is 139 cm³/mol. The van der Waals surface area contributed by atoms with Crippen LogP contribution in [0.3, 0.4) is 0 Å². The Morgan fingerprint density at radius 3 is 2.06 bits per heavy atom. The molecule has 7 heteroatoms. The fourth-order valence-corrected chi connectivity index (χ4v) is 4.64. The fourth-order valence-electron chi connectivity index (χ4n) is 3.67. The molecule has 6 nitrogen and oxygen atoms in total. The number of aliphatic imine (C=N–C) groups is 1. The number of aryl methyl sites for hydroxylation is 2. The minimum absolute atomic E-state index is 0.161. The van der Waals surface area contributed by atoms with Gasteiger partial charge in [-0.05, 0) is 54.9 Å². The Morgan fingerprint density at radius 2 is 1.47 bits per heavy atom. The first kappa shape index (κ1) is 23.4. The smallest absolute Gasteiger partial charge is 0.271 e. The van der Waals surface area contributed by atoms with Crippen molar-refractivity contribution in [3.8, 4) is 17.2 Å². The molecule has 1 saturated heterocycles. The number of amidine groups is 1. The number of hydrogen-bond donors (Lipinski definition) is 0. The van der Waals surface area contributed by atoms with E-state index in [0.717, 1.165) is 22.5 Å². The van der Waals surface area contributed by atoms with Gasteiger partial charge < -0.3 is 14.2 Å². The molecule has 174 valence electrons. The summed E-state index contributed by atoms with van der Waals surface area (Å²) in [5.74, 6) is 1.53. The lowest BCUT2D eigenvalue weighted by molar-refractivity contribution is -0.113. The van der Waals surface area contributed by atoms with Crippen molar-refractivity contribution >= 4 is 40.3 Å². The van der Waals surface area contributed by atoms with Gasteiger partial charge in [-0.2, -0.15) is 0 Å². The van der Waals surface area contributed by atoms with Gasteiger partial charge in [-0.25, -0.2) is 4.99 Å². The van der Waals surface area contributed by atoms with Gasteiger partial charge in [0, 0.05) is 12.1 Å². The van der Waals surface area contributed by atoms with E-state index in [9.17, 15) is 4.79 Å². The van der Waals surface area contributed by atoms with Crippen LogP contribution in [-0.2, 0) is 4.79 Å². The van der Waals surface area contributed by atoms with Gasteiger partial charge in [0.25, 0.3) is 5.91 Å². The van der Waals surface area contributed by atoms with E-state index in [-0.39, 0.29) is 5.91 Å². The molecular formula is C27H26N2O4S. The second kappa shape index (κ2) is 10.1. The largest absolute Gasteiger partial charge is 0.496 e. The first-order valence-corrected chi connectivity index (χ1v) is 11.5. The van der Waals surface area contributed by atoms with Crippen molar-refractivity contribution < 1.29 is 19.0 Å². The third-order valence-corrected chi connectivity index (χ3v) is 6.49. The Morgan fingerprint density at radius 1 is 0.853 bits per heavy atom. The van der Waals surface area contributed by atoms with Crippen molar-refractivity contribution in [1.82, 2.24) is 0 Å². The Labute approximate surface area is 203 Å². The number of nitrogens with zero attached hydrogens (tertiary/aromatic N) is 2. The van der Waals surface area contributed by atoms with Crippen LogP contribution in [0.25, 0.3) is 6.08 Å². The fraction of sp³-hybridized carbons (Fsp3) is 0.185. The molecule has 0 N–H and O–H groups in total. The summed E-state index contributed by atoms with van der Waals surface area (Å²) in [4.78, 5) is 20.8. The maximum absolute atomic E-state index is 13.7. The molecule has 0 saturated carbocycles. The number of ether oxygens (including phenoxy) is 3. The lowest BCUT2D eigenvalue weighted by Gasteiger charge is -2.18. The number of anilines is 1. The molecule has 0 atom stereocenters. The normalized spacial score (nSPS) is 15.8. The van der Waals surface area contributed by atoms with E-state index in [1.54, 1.807) is 44.4 Å². The van der Waals surface area contributed by atoms with E-state index in [1.807, 2.05) is 62.4 Å². The van der Waals surface area contributed by atoms with E-state index in [4.69, 9.17) is 19.2 Å². The van der Waals surface area contributed by atoms with E-state index >= 15 is 0 Å². The summed E-state index contributed by atoms with van der Waals surface area (Å²) in [6.45, 7) is 3.98. The highest BCUT2D eigenvalue weighted by Gasteiger charge is 2.36. The molecule has 4 rings (SSSR count). The minimum Gasteiger partial charge on any atom is -0.496 e. The Balaban J connectivity index is 1.87. The number of carbonyl (C=O) groups excluding carboxylic acids is 1. The molecular weight excluding hydrogens is 448 g/mol. The molecule has 1 heterocycles. The third kappa shape index (κ3) is 4.52. The molecule has 1 fully saturated rings. The number of methoxy groups -OCH3 is 3. The quantitative estimate of drug-likeness (QED) is 0.402. The highest BCUT2D eigenvalue weighted by molar-refractivity contribution is 8.19. The second-order valence-electron chi connectivity index (χ2n) is 7.66. The van der Waals surface area contributed by atoms with Crippen LogP contribution < -0.4 is 19.1 Å². The minimum atomic E-state index is -0.161. The van der Waals surface area contributed by atoms with Gasteiger partial charge in [-0.1, -0.05) is 36.4 Å². The zero-order valence-electron chi connectivity index (χ0n) is 19.8. The number of para-hydroxylation sites is 2. The molecule has 0 radical (unpaired) electrons. The Kier molecular flexibility index (Phi) is 6.93. The van der Waals surface area contributed by atoms with Crippen molar-refractivity contribution in [2.75, 3.05) is 26.2 Å². The van der Waals surface area contributed by atoms with E-state index in [2.05, 4.69) is 0 Å².